The van der Waals surface area contributed by atoms with Gasteiger partial charge in [0.15, 0.2) is 0 Å². The van der Waals surface area contributed by atoms with Gasteiger partial charge in [-0.25, -0.2) is 12.7 Å². The van der Waals surface area contributed by atoms with E-state index < -0.39 is 10.0 Å². The van der Waals surface area contributed by atoms with E-state index in [1.807, 2.05) is 32.0 Å². The minimum absolute atomic E-state index is 0.0193. The van der Waals surface area contributed by atoms with E-state index in [4.69, 9.17) is 4.74 Å². The van der Waals surface area contributed by atoms with Gasteiger partial charge in [-0.3, -0.25) is 4.79 Å². The summed E-state index contributed by atoms with van der Waals surface area (Å²) in [5, 5.41) is 2.93. The Balaban J connectivity index is 1.96. The van der Waals surface area contributed by atoms with E-state index in [-0.39, 0.29) is 30.0 Å². The van der Waals surface area contributed by atoms with Crippen molar-refractivity contribution in [3.63, 3.8) is 0 Å². The highest BCUT2D eigenvalue weighted by Gasteiger charge is 2.34. The molecule has 0 aliphatic carbocycles. The van der Waals surface area contributed by atoms with Gasteiger partial charge in [-0.1, -0.05) is 18.2 Å². The summed E-state index contributed by atoms with van der Waals surface area (Å²) in [6.45, 7) is 4.75. The molecule has 0 radical (unpaired) electrons. The Labute approximate surface area is 144 Å². The molecule has 0 spiro atoms. The molecule has 1 saturated heterocycles. The van der Waals surface area contributed by atoms with Crippen molar-refractivity contribution in [1.29, 1.82) is 0 Å². The first-order valence-electron chi connectivity index (χ1n) is 8.02. The first-order valence-corrected chi connectivity index (χ1v) is 9.63. The zero-order valence-corrected chi connectivity index (χ0v) is 15.5. The van der Waals surface area contributed by atoms with Gasteiger partial charge in [0.25, 0.3) is 0 Å². The second-order valence-electron chi connectivity index (χ2n) is 6.63. The number of aryl methyl sites for hydroxylation is 2. The molecule has 1 heterocycles. The first kappa shape index (κ1) is 18.9. The van der Waals surface area contributed by atoms with Gasteiger partial charge in [0.2, 0.25) is 15.9 Å². The first-order chi connectivity index (χ1) is 11.2. The van der Waals surface area contributed by atoms with Crippen LogP contribution in [0.2, 0.25) is 0 Å². The maximum Gasteiger partial charge on any atom is 0.224 e. The number of amides is 1. The molecule has 24 heavy (non-hydrogen) atoms. The predicted molar refractivity (Wildman–Crippen MR) is 93.3 cm³/mol. The molecule has 0 aromatic heterocycles. The number of hydrogen-bond donors (Lipinski definition) is 1. The van der Waals surface area contributed by atoms with Gasteiger partial charge >= 0.3 is 0 Å². The van der Waals surface area contributed by atoms with E-state index in [2.05, 4.69) is 5.32 Å². The maximum absolute atomic E-state index is 12.3. The maximum atomic E-state index is 12.3. The van der Waals surface area contributed by atoms with E-state index >= 15 is 0 Å². The highest BCUT2D eigenvalue weighted by atomic mass is 32.2. The molecule has 0 unspecified atom stereocenters. The summed E-state index contributed by atoms with van der Waals surface area (Å²) in [5.74, 6) is -0.351. The zero-order chi connectivity index (χ0) is 17.9. The molecule has 2 atom stereocenters. The van der Waals surface area contributed by atoms with Crippen molar-refractivity contribution in [3.8, 4) is 0 Å². The number of benzene rings is 1. The largest absolute Gasteiger partial charge is 0.379 e. The third kappa shape index (κ3) is 4.78. The minimum atomic E-state index is -3.32. The highest BCUT2D eigenvalue weighted by Crippen LogP contribution is 2.18. The lowest BCUT2D eigenvalue weighted by molar-refractivity contribution is -0.121. The molecule has 134 valence electrons. The van der Waals surface area contributed by atoms with Crippen molar-refractivity contribution in [3.05, 3.63) is 34.9 Å². The standard InChI is InChI=1S/C17H26N2O4S/c1-12-5-6-14(7-13(12)2)8-17(20)18-16-10-23-9-15(16)11-24(21,22)19(3)4/h5-7,15-16H,8-11H2,1-4H3,(H,18,20)/t15-,16+/m0/s1. The topological polar surface area (TPSA) is 75.7 Å². The Morgan fingerprint density at radius 2 is 1.96 bits per heavy atom. The molecule has 1 N–H and O–H groups in total. The van der Waals surface area contributed by atoms with Gasteiger partial charge in [0.1, 0.15) is 0 Å². The molecule has 7 heteroatoms. The molecule has 1 fully saturated rings. The summed E-state index contributed by atoms with van der Waals surface area (Å²) in [6, 6.07) is 5.69. The van der Waals surface area contributed by atoms with Crippen LogP contribution in [-0.4, -0.2) is 57.7 Å². The smallest absolute Gasteiger partial charge is 0.224 e. The highest BCUT2D eigenvalue weighted by molar-refractivity contribution is 7.89. The molecule has 1 aliphatic heterocycles. The fraction of sp³-hybridized carbons (Fsp3) is 0.588. The van der Waals surface area contributed by atoms with Crippen molar-refractivity contribution in [2.45, 2.75) is 26.3 Å². The van der Waals surface area contributed by atoms with E-state index in [1.165, 1.54) is 24.0 Å². The van der Waals surface area contributed by atoms with Crippen LogP contribution in [-0.2, 0) is 26.0 Å². The van der Waals surface area contributed by atoms with Crippen LogP contribution in [0.4, 0.5) is 0 Å². The van der Waals surface area contributed by atoms with Gasteiger partial charge < -0.3 is 10.1 Å². The van der Waals surface area contributed by atoms with Crippen LogP contribution in [0.15, 0.2) is 18.2 Å². The van der Waals surface area contributed by atoms with Gasteiger partial charge in [-0.15, -0.1) is 0 Å². The lowest BCUT2D eigenvalue weighted by Gasteiger charge is -2.21. The van der Waals surface area contributed by atoms with Gasteiger partial charge in [0.05, 0.1) is 31.4 Å². The fourth-order valence-corrected chi connectivity index (χ4v) is 3.87. The second kappa shape index (κ2) is 7.63. The monoisotopic (exact) mass is 354 g/mol. The lowest BCUT2D eigenvalue weighted by atomic mass is 10.0. The number of hydrogen-bond acceptors (Lipinski definition) is 4. The van der Waals surface area contributed by atoms with E-state index in [1.54, 1.807) is 0 Å². The zero-order valence-electron chi connectivity index (χ0n) is 14.7. The molecular weight excluding hydrogens is 328 g/mol. The average Bonchev–Trinajstić information content (AvgIpc) is 2.89. The SMILES string of the molecule is Cc1ccc(CC(=O)N[C@@H]2COC[C@H]2CS(=O)(=O)N(C)C)cc1C. The molecule has 6 nitrogen and oxygen atoms in total. The van der Waals surface area contributed by atoms with Crippen molar-refractivity contribution < 1.29 is 17.9 Å². The van der Waals surface area contributed by atoms with E-state index in [0.717, 1.165) is 11.1 Å². The normalized spacial score (nSPS) is 21.2. The summed E-state index contributed by atoms with van der Waals surface area (Å²) in [5.41, 5.74) is 3.30. The third-order valence-electron chi connectivity index (χ3n) is 4.46. The van der Waals surface area contributed by atoms with Crippen LogP contribution in [0, 0.1) is 19.8 Å². The van der Waals surface area contributed by atoms with Gasteiger partial charge in [-0.05, 0) is 30.5 Å². The third-order valence-corrected chi connectivity index (χ3v) is 6.42. The van der Waals surface area contributed by atoms with Gasteiger partial charge in [-0.2, -0.15) is 0 Å². The number of nitrogens with one attached hydrogen (secondary N) is 1. The Morgan fingerprint density at radius 3 is 2.58 bits per heavy atom. The van der Waals surface area contributed by atoms with Crippen molar-refractivity contribution in [1.82, 2.24) is 9.62 Å². The Morgan fingerprint density at radius 1 is 1.25 bits per heavy atom. The molecular formula is C17H26N2O4S. The fourth-order valence-electron chi connectivity index (χ4n) is 2.70. The quantitative estimate of drug-likeness (QED) is 0.822. The van der Waals surface area contributed by atoms with Gasteiger partial charge in [0, 0.05) is 20.0 Å². The molecule has 1 amide bonds. The number of sulfonamides is 1. The lowest BCUT2D eigenvalue weighted by Crippen LogP contribution is -2.44. The predicted octanol–water partition coefficient (Wildman–Crippen LogP) is 0.869. The van der Waals surface area contributed by atoms with E-state index in [9.17, 15) is 13.2 Å². The van der Waals surface area contributed by atoms with Crippen LogP contribution in [0.1, 0.15) is 16.7 Å². The molecule has 2 rings (SSSR count). The Hall–Kier alpha value is -1.44. The second-order valence-corrected chi connectivity index (χ2v) is 8.86. The average molecular weight is 354 g/mol. The Bertz CT molecular complexity index is 701. The van der Waals surface area contributed by atoms with E-state index in [0.29, 0.717) is 13.2 Å². The summed E-state index contributed by atoms with van der Waals surface area (Å²) >= 11 is 0. The molecule has 1 aromatic rings. The summed E-state index contributed by atoms with van der Waals surface area (Å²) < 4.78 is 30.7. The summed E-state index contributed by atoms with van der Waals surface area (Å²) in [7, 11) is -0.293. The van der Waals surface area contributed by atoms with Crippen LogP contribution < -0.4 is 5.32 Å². The van der Waals surface area contributed by atoms with Crippen LogP contribution in [0.5, 0.6) is 0 Å². The number of nitrogens with zero attached hydrogens (tertiary/aromatic N) is 1. The molecule has 0 bridgehead atoms. The van der Waals surface area contributed by atoms with Crippen LogP contribution in [0.25, 0.3) is 0 Å². The number of carbonyl (C=O) groups is 1. The summed E-state index contributed by atoms with van der Waals surface area (Å²) in [6.07, 6.45) is 0.283. The molecule has 1 aromatic carbocycles. The molecule has 0 saturated carbocycles. The van der Waals surface area contributed by atoms with Crippen LogP contribution >= 0.6 is 0 Å². The minimum Gasteiger partial charge on any atom is -0.379 e. The molecule has 1 aliphatic rings. The van der Waals surface area contributed by atoms with Crippen molar-refractivity contribution >= 4 is 15.9 Å². The van der Waals surface area contributed by atoms with Crippen LogP contribution in [0.3, 0.4) is 0 Å². The van der Waals surface area contributed by atoms with Crippen molar-refractivity contribution in [2.24, 2.45) is 5.92 Å². The summed E-state index contributed by atoms with van der Waals surface area (Å²) in [4.78, 5) is 12.3. The van der Waals surface area contributed by atoms with Crippen molar-refractivity contribution in [2.75, 3.05) is 33.1 Å². The number of ether oxygens (including phenoxy) is 1. The number of carbonyl (C=O) groups excluding carboxylic acids is 1. The Kier molecular flexibility index (Phi) is 6.01. The number of rotatable bonds is 6.